The number of piperidine rings is 1. The van der Waals surface area contributed by atoms with Crippen LogP contribution in [-0.4, -0.2) is 60.3 Å². The highest BCUT2D eigenvalue weighted by Crippen LogP contribution is 2.29. The lowest BCUT2D eigenvalue weighted by atomic mass is 9.95. The average molecular weight is 460 g/mol. The van der Waals surface area contributed by atoms with Crippen LogP contribution in [0.25, 0.3) is 0 Å². The first-order valence-corrected chi connectivity index (χ1v) is 11.8. The van der Waals surface area contributed by atoms with E-state index in [1.54, 1.807) is 6.07 Å². The van der Waals surface area contributed by atoms with Crippen molar-refractivity contribution in [2.45, 2.75) is 51.1 Å². The summed E-state index contributed by atoms with van der Waals surface area (Å²) in [6.07, 6.45) is 5.46. The van der Waals surface area contributed by atoms with Gasteiger partial charge in [-0.3, -0.25) is 0 Å². The van der Waals surface area contributed by atoms with Gasteiger partial charge in [-0.05, 0) is 69.8 Å². The van der Waals surface area contributed by atoms with Gasteiger partial charge in [0.25, 0.3) is 0 Å². The van der Waals surface area contributed by atoms with Gasteiger partial charge < -0.3 is 30.7 Å². The van der Waals surface area contributed by atoms with Gasteiger partial charge >= 0.3 is 6.01 Å². The number of nitrogens with one attached hydrogen (secondary N) is 2. The van der Waals surface area contributed by atoms with E-state index in [4.69, 9.17) is 15.2 Å². The molecule has 180 valence electrons. The number of benzene rings is 1. The van der Waals surface area contributed by atoms with Crippen molar-refractivity contribution < 1.29 is 13.9 Å². The summed E-state index contributed by atoms with van der Waals surface area (Å²) >= 11 is 0. The number of aromatic nitrogens is 3. The molecule has 0 spiro atoms. The minimum absolute atomic E-state index is 0.0478. The molecule has 2 aromatic rings. The van der Waals surface area contributed by atoms with E-state index in [9.17, 15) is 4.39 Å². The van der Waals surface area contributed by atoms with Crippen molar-refractivity contribution in [3.8, 4) is 17.5 Å². The van der Waals surface area contributed by atoms with Crippen LogP contribution in [0.4, 0.5) is 16.3 Å². The van der Waals surface area contributed by atoms with Crippen LogP contribution in [-0.2, 0) is 0 Å². The van der Waals surface area contributed by atoms with Crippen LogP contribution in [0, 0.1) is 11.7 Å². The number of anilines is 2. The molecule has 4 rings (SSSR count). The maximum absolute atomic E-state index is 14.1. The smallest absolute Gasteiger partial charge is 0.328 e. The largest absolute Gasteiger partial charge is 0.494 e. The summed E-state index contributed by atoms with van der Waals surface area (Å²) in [4.78, 5) is 15.5. The third-order valence-corrected chi connectivity index (χ3v) is 6.50. The fourth-order valence-corrected chi connectivity index (χ4v) is 4.82. The Kier molecular flexibility index (Phi) is 7.77. The first-order chi connectivity index (χ1) is 16.1. The minimum atomic E-state index is -0.525. The third-order valence-electron chi connectivity index (χ3n) is 6.50. The predicted octanol–water partition coefficient (Wildman–Crippen LogP) is 2.73. The molecule has 9 nitrogen and oxygen atoms in total. The van der Waals surface area contributed by atoms with Crippen molar-refractivity contribution in [2.24, 2.45) is 5.92 Å². The van der Waals surface area contributed by atoms with Crippen molar-refractivity contribution in [3.05, 3.63) is 24.0 Å². The van der Waals surface area contributed by atoms with Crippen LogP contribution in [0.15, 0.2) is 18.2 Å². The van der Waals surface area contributed by atoms with Gasteiger partial charge in [-0.2, -0.15) is 15.0 Å². The average Bonchev–Trinajstić information content (AvgIpc) is 3.34. The van der Waals surface area contributed by atoms with E-state index in [1.807, 2.05) is 0 Å². The molecule has 10 heteroatoms. The number of nitrogens with two attached hydrogens (primary N) is 1. The number of ether oxygens (including phenoxy) is 2. The molecule has 33 heavy (non-hydrogen) atoms. The number of hydrogen-bond acceptors (Lipinski definition) is 9. The molecule has 0 amide bonds. The number of methoxy groups -OCH3 is 1. The molecule has 2 saturated heterocycles. The summed E-state index contributed by atoms with van der Waals surface area (Å²) in [5, 5.41) is 7.07. The number of rotatable bonds is 9. The maximum atomic E-state index is 14.1. The minimum Gasteiger partial charge on any atom is -0.494 e. The van der Waals surface area contributed by atoms with Crippen LogP contribution in [0.5, 0.6) is 17.5 Å². The normalized spacial score (nSPS) is 19.9. The Morgan fingerprint density at radius 1 is 1.18 bits per heavy atom. The first-order valence-electron chi connectivity index (χ1n) is 11.8. The summed E-state index contributed by atoms with van der Waals surface area (Å²) in [7, 11) is 1.41. The first kappa shape index (κ1) is 23.4. The Hall–Kier alpha value is -2.72. The van der Waals surface area contributed by atoms with Crippen LogP contribution < -0.4 is 30.7 Å². The summed E-state index contributed by atoms with van der Waals surface area (Å²) in [5.74, 6) is 1.00. The molecule has 1 aromatic heterocycles. The Morgan fingerprint density at radius 3 is 2.67 bits per heavy atom. The molecule has 0 aliphatic carbocycles. The van der Waals surface area contributed by atoms with Crippen molar-refractivity contribution in [1.82, 2.24) is 25.6 Å². The van der Waals surface area contributed by atoms with Crippen molar-refractivity contribution in [2.75, 3.05) is 43.9 Å². The number of nitrogens with zero attached hydrogens (tertiary/aromatic N) is 4. The second-order valence-electron chi connectivity index (χ2n) is 8.70. The van der Waals surface area contributed by atoms with Crippen molar-refractivity contribution in [1.29, 1.82) is 0 Å². The van der Waals surface area contributed by atoms with Gasteiger partial charge in [0.05, 0.1) is 7.11 Å². The molecule has 2 unspecified atom stereocenters. The van der Waals surface area contributed by atoms with Gasteiger partial charge in [0.15, 0.2) is 11.6 Å². The quantitative estimate of drug-likeness (QED) is 0.521. The SMILES string of the molecule is CCC(C1CCCN1)N(CC1CCNCC1)c1nc(N)nc(Oc2ccc(OC)c(F)c2)n1. The van der Waals surface area contributed by atoms with E-state index in [1.165, 1.54) is 25.7 Å². The van der Waals surface area contributed by atoms with Crippen LogP contribution in [0.3, 0.4) is 0 Å². The van der Waals surface area contributed by atoms with Crippen LogP contribution in [0.1, 0.15) is 39.0 Å². The molecule has 3 heterocycles. The van der Waals surface area contributed by atoms with Gasteiger partial charge in [0, 0.05) is 24.7 Å². The Bertz CT molecular complexity index is 920. The van der Waals surface area contributed by atoms with Gasteiger partial charge in [-0.1, -0.05) is 6.92 Å². The highest BCUT2D eigenvalue weighted by Gasteiger charge is 2.32. The van der Waals surface area contributed by atoms with E-state index in [0.29, 0.717) is 17.9 Å². The van der Waals surface area contributed by atoms with E-state index >= 15 is 0 Å². The second-order valence-corrected chi connectivity index (χ2v) is 8.70. The second kappa shape index (κ2) is 10.9. The van der Waals surface area contributed by atoms with Crippen LogP contribution >= 0.6 is 0 Å². The zero-order valence-electron chi connectivity index (χ0n) is 19.4. The Labute approximate surface area is 194 Å². The number of hydrogen-bond donors (Lipinski definition) is 3. The molecule has 0 bridgehead atoms. The predicted molar refractivity (Wildman–Crippen MR) is 125 cm³/mol. The molecular weight excluding hydrogens is 425 g/mol. The fraction of sp³-hybridized carbons (Fsp3) is 0.609. The van der Waals surface area contributed by atoms with E-state index < -0.39 is 5.82 Å². The van der Waals surface area contributed by atoms with Gasteiger partial charge in [0.2, 0.25) is 11.9 Å². The number of halogens is 1. The van der Waals surface area contributed by atoms with Gasteiger partial charge in [-0.25, -0.2) is 4.39 Å². The standard InChI is InChI=1S/C23H34FN7O2/c1-3-19(18-5-4-10-27-18)31(14-15-8-11-26-12-9-15)22-28-21(25)29-23(30-22)33-16-6-7-20(32-2)17(24)13-16/h6-7,13,15,18-19,26-27H,3-5,8-12,14H2,1-2H3,(H2,25,28,29,30). The molecular formula is C23H34FN7O2. The molecule has 2 aliphatic heterocycles. The lowest BCUT2D eigenvalue weighted by Crippen LogP contribution is -2.50. The summed E-state index contributed by atoms with van der Waals surface area (Å²) in [5.41, 5.74) is 6.07. The van der Waals surface area contributed by atoms with E-state index in [-0.39, 0.29) is 29.5 Å². The molecule has 0 saturated carbocycles. The molecule has 4 N–H and O–H groups in total. The van der Waals surface area contributed by atoms with E-state index in [0.717, 1.165) is 51.9 Å². The number of nitrogen functional groups attached to an aromatic ring is 1. The zero-order valence-corrected chi connectivity index (χ0v) is 19.4. The lowest BCUT2D eigenvalue weighted by molar-refractivity contribution is 0.341. The molecule has 2 aliphatic rings. The topological polar surface area (TPSA) is 110 Å². The summed E-state index contributed by atoms with van der Waals surface area (Å²) in [6, 6.07) is 4.99. The highest BCUT2D eigenvalue weighted by atomic mass is 19.1. The molecule has 2 atom stereocenters. The summed E-state index contributed by atoms with van der Waals surface area (Å²) < 4.78 is 24.9. The van der Waals surface area contributed by atoms with Crippen molar-refractivity contribution >= 4 is 11.9 Å². The fourth-order valence-electron chi connectivity index (χ4n) is 4.82. The monoisotopic (exact) mass is 459 g/mol. The molecule has 1 aromatic carbocycles. The molecule has 0 radical (unpaired) electrons. The van der Waals surface area contributed by atoms with Gasteiger partial charge in [0.1, 0.15) is 5.75 Å². The molecule has 2 fully saturated rings. The van der Waals surface area contributed by atoms with E-state index in [2.05, 4.69) is 37.4 Å². The zero-order chi connectivity index (χ0) is 23.2. The maximum Gasteiger partial charge on any atom is 0.328 e. The van der Waals surface area contributed by atoms with Crippen LogP contribution in [0.2, 0.25) is 0 Å². The van der Waals surface area contributed by atoms with Crippen molar-refractivity contribution in [3.63, 3.8) is 0 Å². The highest BCUT2D eigenvalue weighted by molar-refractivity contribution is 5.40. The third kappa shape index (κ3) is 5.80. The summed E-state index contributed by atoms with van der Waals surface area (Å²) in [6.45, 7) is 6.11. The Balaban J connectivity index is 1.62. The van der Waals surface area contributed by atoms with Gasteiger partial charge in [-0.15, -0.1) is 0 Å². The lowest BCUT2D eigenvalue weighted by Gasteiger charge is -2.38. The Morgan fingerprint density at radius 2 is 2.00 bits per heavy atom.